The van der Waals surface area contributed by atoms with Crippen LogP contribution in [0.25, 0.3) is 0 Å². The van der Waals surface area contributed by atoms with Crippen molar-refractivity contribution in [1.29, 1.82) is 0 Å². The summed E-state index contributed by atoms with van der Waals surface area (Å²) >= 11 is 1.70. The van der Waals surface area contributed by atoms with Gasteiger partial charge in [0.1, 0.15) is 11.6 Å². The van der Waals surface area contributed by atoms with Gasteiger partial charge < -0.3 is 5.32 Å². The fourth-order valence-electron chi connectivity index (χ4n) is 1.74. The van der Waals surface area contributed by atoms with Crippen LogP contribution in [0.5, 0.6) is 0 Å². The van der Waals surface area contributed by atoms with E-state index >= 15 is 0 Å². The van der Waals surface area contributed by atoms with Gasteiger partial charge in [-0.3, -0.25) is 0 Å². The molecule has 0 aliphatic carbocycles. The fourth-order valence-corrected chi connectivity index (χ4v) is 2.78. The Morgan fingerprint density at radius 1 is 1.21 bits per heavy atom. The lowest BCUT2D eigenvalue weighted by molar-refractivity contribution is 0.571. The molecule has 0 spiro atoms. The highest BCUT2D eigenvalue weighted by molar-refractivity contribution is 7.09. The van der Waals surface area contributed by atoms with Gasteiger partial charge in [-0.1, -0.05) is 20.8 Å². The molecule has 0 aliphatic rings. The summed E-state index contributed by atoms with van der Waals surface area (Å²) in [6.45, 7) is 8.45. The maximum Gasteiger partial charge on any atom is 0.129 e. The van der Waals surface area contributed by atoms with Gasteiger partial charge in [-0.2, -0.15) is 0 Å². The molecule has 0 radical (unpaired) electrons. The van der Waals surface area contributed by atoms with Crippen molar-refractivity contribution in [2.75, 3.05) is 12.4 Å². The molecule has 5 heteroatoms. The van der Waals surface area contributed by atoms with Crippen LogP contribution < -0.4 is 5.32 Å². The Morgan fingerprint density at radius 3 is 2.53 bits per heavy atom. The zero-order valence-corrected chi connectivity index (χ0v) is 12.9. The van der Waals surface area contributed by atoms with Crippen molar-refractivity contribution in [3.05, 3.63) is 33.7 Å². The lowest BCUT2D eigenvalue weighted by atomic mass is 9.93. The molecular weight excluding hydrogens is 256 g/mol. The maximum atomic E-state index is 4.70. The first-order valence-electron chi connectivity index (χ1n) is 6.35. The third kappa shape index (κ3) is 3.50. The van der Waals surface area contributed by atoms with Gasteiger partial charge in [0.15, 0.2) is 0 Å². The first-order chi connectivity index (χ1) is 8.88. The summed E-state index contributed by atoms with van der Waals surface area (Å²) in [7, 11) is 1.87. The van der Waals surface area contributed by atoms with Gasteiger partial charge >= 0.3 is 0 Å². The Kier molecular flexibility index (Phi) is 3.85. The molecule has 0 fully saturated rings. The largest absolute Gasteiger partial charge is 0.373 e. The third-order valence-corrected chi connectivity index (χ3v) is 3.65. The number of rotatable bonds is 3. The Hall–Kier alpha value is -1.49. The van der Waals surface area contributed by atoms with Crippen molar-refractivity contribution >= 4 is 17.2 Å². The molecule has 2 aromatic rings. The molecule has 2 rings (SSSR count). The summed E-state index contributed by atoms with van der Waals surface area (Å²) in [4.78, 5) is 13.5. The van der Waals surface area contributed by atoms with E-state index in [1.807, 2.05) is 20.0 Å². The van der Waals surface area contributed by atoms with Crippen molar-refractivity contribution in [2.45, 2.75) is 39.5 Å². The van der Waals surface area contributed by atoms with Gasteiger partial charge in [-0.05, 0) is 6.92 Å². The number of hydrogen-bond donors (Lipinski definition) is 1. The molecule has 0 unspecified atom stereocenters. The number of hydrogen-bond acceptors (Lipinski definition) is 5. The number of nitrogens with zero attached hydrogens (tertiary/aromatic N) is 3. The standard InChI is InChI=1S/C14H20N4S/c1-9-16-10(6-12(15-5)17-9)7-13-18-11(8-19-13)14(2,3)4/h6,8H,7H2,1-5H3,(H,15,16,17). The van der Waals surface area contributed by atoms with E-state index in [2.05, 4.69) is 41.4 Å². The summed E-state index contributed by atoms with van der Waals surface area (Å²) in [5, 5.41) is 6.30. The van der Waals surface area contributed by atoms with Gasteiger partial charge in [0.2, 0.25) is 0 Å². The van der Waals surface area contributed by atoms with E-state index < -0.39 is 0 Å². The van der Waals surface area contributed by atoms with E-state index in [4.69, 9.17) is 4.98 Å². The van der Waals surface area contributed by atoms with E-state index in [-0.39, 0.29) is 5.41 Å². The van der Waals surface area contributed by atoms with Crippen molar-refractivity contribution in [3.8, 4) is 0 Å². The molecule has 0 saturated carbocycles. The first kappa shape index (κ1) is 13.9. The molecule has 102 valence electrons. The smallest absolute Gasteiger partial charge is 0.129 e. The van der Waals surface area contributed by atoms with Gasteiger partial charge in [-0.15, -0.1) is 11.3 Å². The lowest BCUT2D eigenvalue weighted by Gasteiger charge is -2.14. The minimum Gasteiger partial charge on any atom is -0.373 e. The Balaban J connectivity index is 2.21. The molecule has 19 heavy (non-hydrogen) atoms. The summed E-state index contributed by atoms with van der Waals surface area (Å²) in [5.41, 5.74) is 2.26. The zero-order valence-electron chi connectivity index (χ0n) is 12.1. The normalized spacial score (nSPS) is 11.6. The van der Waals surface area contributed by atoms with Crippen LogP contribution in [0.15, 0.2) is 11.4 Å². The van der Waals surface area contributed by atoms with Crippen molar-refractivity contribution in [1.82, 2.24) is 15.0 Å². The van der Waals surface area contributed by atoms with Crippen LogP contribution in [0.3, 0.4) is 0 Å². The number of thiazole rings is 1. The number of anilines is 1. The number of aryl methyl sites for hydroxylation is 1. The predicted molar refractivity (Wildman–Crippen MR) is 79.9 cm³/mol. The lowest BCUT2D eigenvalue weighted by Crippen LogP contribution is -2.11. The zero-order chi connectivity index (χ0) is 14.0. The molecule has 0 aromatic carbocycles. The summed E-state index contributed by atoms with van der Waals surface area (Å²) in [6, 6.07) is 1.98. The molecule has 0 saturated heterocycles. The van der Waals surface area contributed by atoms with Crippen molar-refractivity contribution in [3.63, 3.8) is 0 Å². The summed E-state index contributed by atoms with van der Waals surface area (Å²) < 4.78 is 0. The van der Waals surface area contributed by atoms with Gasteiger partial charge in [0, 0.05) is 30.3 Å². The second-order valence-corrected chi connectivity index (χ2v) is 6.54. The summed E-state index contributed by atoms with van der Waals surface area (Å²) in [6.07, 6.45) is 0.763. The quantitative estimate of drug-likeness (QED) is 0.935. The minimum absolute atomic E-state index is 0.104. The molecule has 0 bridgehead atoms. The van der Waals surface area contributed by atoms with Gasteiger partial charge in [0.05, 0.1) is 16.4 Å². The maximum absolute atomic E-state index is 4.70. The van der Waals surface area contributed by atoms with E-state index in [0.717, 1.165) is 34.5 Å². The fraction of sp³-hybridized carbons (Fsp3) is 0.500. The van der Waals surface area contributed by atoms with E-state index in [1.165, 1.54) is 0 Å². The minimum atomic E-state index is 0.104. The molecule has 2 aromatic heterocycles. The van der Waals surface area contributed by atoms with E-state index in [9.17, 15) is 0 Å². The Morgan fingerprint density at radius 2 is 1.95 bits per heavy atom. The number of nitrogens with one attached hydrogen (secondary N) is 1. The molecule has 4 nitrogen and oxygen atoms in total. The van der Waals surface area contributed by atoms with Crippen LogP contribution in [0.1, 0.15) is 43.0 Å². The molecule has 0 atom stereocenters. The molecule has 0 amide bonds. The average molecular weight is 276 g/mol. The van der Waals surface area contributed by atoms with Crippen LogP contribution >= 0.6 is 11.3 Å². The van der Waals surface area contributed by atoms with Crippen LogP contribution in [0.4, 0.5) is 5.82 Å². The highest BCUT2D eigenvalue weighted by Crippen LogP contribution is 2.25. The van der Waals surface area contributed by atoms with Crippen LogP contribution in [0, 0.1) is 6.92 Å². The SMILES string of the molecule is CNc1cc(Cc2nc(C(C)(C)C)cs2)nc(C)n1. The van der Waals surface area contributed by atoms with Gasteiger partial charge in [-0.25, -0.2) is 15.0 Å². The highest BCUT2D eigenvalue weighted by Gasteiger charge is 2.17. The molecule has 0 aliphatic heterocycles. The topological polar surface area (TPSA) is 50.7 Å². The predicted octanol–water partition coefficient (Wildman–Crippen LogP) is 3.17. The highest BCUT2D eigenvalue weighted by atomic mass is 32.1. The van der Waals surface area contributed by atoms with Crippen LogP contribution in [-0.2, 0) is 11.8 Å². The second-order valence-electron chi connectivity index (χ2n) is 5.59. The Labute approximate surface area is 118 Å². The third-order valence-electron chi connectivity index (χ3n) is 2.80. The Bertz CT molecular complexity index is 569. The average Bonchev–Trinajstić information content (AvgIpc) is 2.76. The molecular formula is C14H20N4S. The van der Waals surface area contributed by atoms with E-state index in [1.54, 1.807) is 11.3 Å². The molecule has 1 N–H and O–H groups in total. The number of aromatic nitrogens is 3. The van der Waals surface area contributed by atoms with E-state index in [0.29, 0.717) is 0 Å². The summed E-state index contributed by atoms with van der Waals surface area (Å²) in [5.74, 6) is 1.64. The van der Waals surface area contributed by atoms with Crippen molar-refractivity contribution < 1.29 is 0 Å². The van der Waals surface area contributed by atoms with Crippen LogP contribution in [0.2, 0.25) is 0 Å². The van der Waals surface area contributed by atoms with Gasteiger partial charge in [0.25, 0.3) is 0 Å². The monoisotopic (exact) mass is 276 g/mol. The van der Waals surface area contributed by atoms with Crippen molar-refractivity contribution in [2.24, 2.45) is 0 Å². The van der Waals surface area contributed by atoms with Crippen LogP contribution in [-0.4, -0.2) is 22.0 Å². The molecule has 2 heterocycles. The second kappa shape index (κ2) is 5.25. The first-order valence-corrected chi connectivity index (χ1v) is 7.23.